The number of piperazine rings is 1. The fraction of sp³-hybridized carbons (Fsp3) is 0.667. The van der Waals surface area contributed by atoms with Crippen LogP contribution in [0, 0.1) is 0 Å². The summed E-state index contributed by atoms with van der Waals surface area (Å²) in [5.74, 6) is -0.0697. The van der Waals surface area contributed by atoms with Crippen LogP contribution in [0.25, 0.3) is 0 Å². The van der Waals surface area contributed by atoms with Gasteiger partial charge in [-0.1, -0.05) is 0 Å². The molecule has 1 aromatic rings. The topological polar surface area (TPSA) is 80.2 Å². The minimum absolute atomic E-state index is 0.00790. The van der Waals surface area contributed by atoms with Crippen LogP contribution < -0.4 is 10.2 Å². The van der Waals surface area contributed by atoms with Crippen molar-refractivity contribution in [1.29, 1.82) is 0 Å². The Bertz CT molecular complexity index is 515. The Morgan fingerprint density at radius 1 is 1.29 bits per heavy atom. The first kappa shape index (κ1) is 16.2. The summed E-state index contributed by atoms with van der Waals surface area (Å²) in [7, 11) is 0. The van der Waals surface area contributed by atoms with Gasteiger partial charge < -0.3 is 15.0 Å². The average molecular weight is 334 g/mol. The molecular weight excluding hydrogens is 317 g/mol. The first-order valence-electron chi connectivity index (χ1n) is 6.53. The molecule has 1 fully saturated rings. The number of nitrogens with zero attached hydrogens (tertiary/aromatic N) is 4. The maximum atomic E-state index is 12.3. The van der Waals surface area contributed by atoms with E-state index in [0.717, 1.165) is 0 Å². The van der Waals surface area contributed by atoms with E-state index in [-0.39, 0.29) is 22.5 Å². The molecule has 0 aromatic carbocycles. The number of carbonyl (C=O) groups excluding carboxylic acids is 1. The molecule has 0 bridgehead atoms. The number of esters is 1. The van der Waals surface area contributed by atoms with Crippen LogP contribution in [-0.4, -0.2) is 52.2 Å². The second-order valence-corrected chi connectivity index (χ2v) is 6.30. The number of anilines is 1. The fourth-order valence-electron chi connectivity index (χ4n) is 1.97. The van der Waals surface area contributed by atoms with Crippen LogP contribution >= 0.6 is 23.2 Å². The number of carbonyl (C=O) groups is 1. The van der Waals surface area contributed by atoms with E-state index in [2.05, 4.69) is 20.3 Å². The summed E-state index contributed by atoms with van der Waals surface area (Å²) in [6, 6.07) is -0.535. The minimum atomic E-state index is -0.561. The molecule has 1 N–H and O–H groups in total. The summed E-state index contributed by atoms with van der Waals surface area (Å²) in [5, 5.41) is 3.14. The highest BCUT2D eigenvalue weighted by atomic mass is 35.5. The lowest BCUT2D eigenvalue weighted by Crippen LogP contribution is -2.57. The molecule has 2 heterocycles. The zero-order chi connectivity index (χ0) is 15.6. The van der Waals surface area contributed by atoms with Crippen molar-refractivity contribution < 1.29 is 9.53 Å². The highest BCUT2D eigenvalue weighted by Gasteiger charge is 2.34. The molecule has 1 aliphatic rings. The smallest absolute Gasteiger partial charge is 0.330 e. The van der Waals surface area contributed by atoms with Crippen molar-refractivity contribution in [2.45, 2.75) is 32.4 Å². The van der Waals surface area contributed by atoms with E-state index in [1.165, 1.54) is 0 Å². The SMILES string of the molecule is CC(C)(C)OC(=O)C1CNCCN1c1nc(Cl)nc(Cl)n1. The third-order valence-corrected chi connectivity index (χ3v) is 3.09. The summed E-state index contributed by atoms with van der Waals surface area (Å²) >= 11 is 11.6. The van der Waals surface area contributed by atoms with Gasteiger partial charge in [0, 0.05) is 19.6 Å². The van der Waals surface area contributed by atoms with E-state index in [4.69, 9.17) is 27.9 Å². The number of rotatable bonds is 2. The first-order valence-corrected chi connectivity index (χ1v) is 7.29. The molecule has 0 radical (unpaired) electrons. The summed E-state index contributed by atoms with van der Waals surface area (Å²) in [5.41, 5.74) is -0.561. The zero-order valence-electron chi connectivity index (χ0n) is 12.1. The molecule has 21 heavy (non-hydrogen) atoms. The van der Waals surface area contributed by atoms with Crippen LogP contribution in [0.15, 0.2) is 0 Å². The minimum Gasteiger partial charge on any atom is -0.458 e. The Hall–Kier alpha value is -1.18. The van der Waals surface area contributed by atoms with Gasteiger partial charge in [0.2, 0.25) is 16.5 Å². The highest BCUT2D eigenvalue weighted by Crippen LogP contribution is 2.19. The standard InChI is InChI=1S/C12H17Cl2N5O2/c1-12(2,3)21-8(20)7-6-15-4-5-19(7)11-17-9(13)16-10(14)18-11/h7,15H,4-6H2,1-3H3. The van der Waals surface area contributed by atoms with Crippen molar-refractivity contribution >= 4 is 35.1 Å². The lowest BCUT2D eigenvalue weighted by Gasteiger charge is -2.36. The third-order valence-electron chi connectivity index (χ3n) is 2.75. The molecule has 1 aliphatic heterocycles. The van der Waals surface area contributed by atoms with Gasteiger partial charge >= 0.3 is 5.97 Å². The molecule has 7 nitrogen and oxygen atoms in total. The van der Waals surface area contributed by atoms with E-state index >= 15 is 0 Å². The number of nitrogens with one attached hydrogen (secondary N) is 1. The molecule has 0 amide bonds. The largest absolute Gasteiger partial charge is 0.458 e. The van der Waals surface area contributed by atoms with Crippen LogP contribution in [0.4, 0.5) is 5.95 Å². The van der Waals surface area contributed by atoms with Crippen molar-refractivity contribution in [3.05, 3.63) is 10.6 Å². The number of hydrogen-bond donors (Lipinski definition) is 1. The van der Waals surface area contributed by atoms with Crippen molar-refractivity contribution in [2.75, 3.05) is 24.5 Å². The van der Waals surface area contributed by atoms with Gasteiger partial charge in [0.15, 0.2) is 0 Å². The van der Waals surface area contributed by atoms with Gasteiger partial charge in [-0.2, -0.15) is 15.0 Å². The molecule has 116 valence electrons. The summed E-state index contributed by atoms with van der Waals surface area (Å²) in [6.45, 7) is 7.14. The van der Waals surface area contributed by atoms with Crippen LogP contribution in [-0.2, 0) is 9.53 Å². The zero-order valence-corrected chi connectivity index (χ0v) is 13.6. The molecule has 0 saturated carbocycles. The molecule has 1 atom stereocenters. The lowest BCUT2D eigenvalue weighted by molar-refractivity contribution is -0.156. The molecule has 0 spiro atoms. The number of ether oxygens (including phenoxy) is 1. The van der Waals surface area contributed by atoms with Gasteiger partial charge in [-0.05, 0) is 44.0 Å². The fourth-order valence-corrected chi connectivity index (χ4v) is 2.32. The maximum Gasteiger partial charge on any atom is 0.330 e. The monoisotopic (exact) mass is 333 g/mol. The predicted octanol–water partition coefficient (Wildman–Crippen LogP) is 1.30. The Labute approximate surface area is 133 Å². The Balaban J connectivity index is 2.24. The van der Waals surface area contributed by atoms with Crippen molar-refractivity contribution in [2.24, 2.45) is 0 Å². The second-order valence-electron chi connectivity index (χ2n) is 5.62. The van der Waals surface area contributed by atoms with E-state index in [9.17, 15) is 4.79 Å². The molecule has 0 aliphatic carbocycles. The number of hydrogen-bond acceptors (Lipinski definition) is 7. The van der Waals surface area contributed by atoms with Gasteiger partial charge in [-0.25, -0.2) is 4.79 Å². The van der Waals surface area contributed by atoms with Crippen LogP contribution in [0.5, 0.6) is 0 Å². The van der Waals surface area contributed by atoms with Gasteiger partial charge in [0.1, 0.15) is 11.6 Å². The van der Waals surface area contributed by atoms with Crippen molar-refractivity contribution in [1.82, 2.24) is 20.3 Å². The molecule has 1 unspecified atom stereocenters. The summed E-state index contributed by atoms with van der Waals surface area (Å²) in [6.07, 6.45) is 0. The highest BCUT2D eigenvalue weighted by molar-refractivity contribution is 6.31. The number of aromatic nitrogens is 3. The second kappa shape index (κ2) is 6.29. The lowest BCUT2D eigenvalue weighted by atomic mass is 10.1. The molecule has 1 saturated heterocycles. The quantitative estimate of drug-likeness (QED) is 0.817. The number of halogens is 2. The van der Waals surface area contributed by atoms with E-state index < -0.39 is 11.6 Å². The Morgan fingerprint density at radius 3 is 2.48 bits per heavy atom. The van der Waals surface area contributed by atoms with Gasteiger partial charge in [-0.15, -0.1) is 0 Å². The van der Waals surface area contributed by atoms with Crippen LogP contribution in [0.1, 0.15) is 20.8 Å². The van der Waals surface area contributed by atoms with E-state index in [1.807, 2.05) is 20.8 Å². The normalized spacial score (nSPS) is 19.5. The predicted molar refractivity (Wildman–Crippen MR) is 79.7 cm³/mol. The Morgan fingerprint density at radius 2 is 1.90 bits per heavy atom. The van der Waals surface area contributed by atoms with Crippen LogP contribution in [0.2, 0.25) is 10.6 Å². The van der Waals surface area contributed by atoms with Gasteiger partial charge in [-0.3, -0.25) is 0 Å². The molecular formula is C12H17Cl2N5O2. The average Bonchev–Trinajstić information content (AvgIpc) is 2.35. The summed E-state index contributed by atoms with van der Waals surface area (Å²) < 4.78 is 5.43. The molecule has 2 rings (SSSR count). The van der Waals surface area contributed by atoms with Crippen LogP contribution in [0.3, 0.4) is 0 Å². The molecule has 1 aromatic heterocycles. The van der Waals surface area contributed by atoms with Gasteiger partial charge in [0.25, 0.3) is 0 Å². The summed E-state index contributed by atoms with van der Waals surface area (Å²) in [4.78, 5) is 25.8. The maximum absolute atomic E-state index is 12.3. The Kier molecular flexibility index (Phi) is 4.85. The van der Waals surface area contributed by atoms with Crippen molar-refractivity contribution in [3.8, 4) is 0 Å². The van der Waals surface area contributed by atoms with E-state index in [0.29, 0.717) is 19.6 Å². The van der Waals surface area contributed by atoms with E-state index in [1.54, 1.807) is 4.90 Å². The van der Waals surface area contributed by atoms with Crippen molar-refractivity contribution in [3.63, 3.8) is 0 Å². The first-order chi connectivity index (χ1) is 9.76. The van der Waals surface area contributed by atoms with Gasteiger partial charge in [0.05, 0.1) is 0 Å². The molecule has 9 heteroatoms. The third kappa shape index (κ3) is 4.39.